The number of ether oxygens (including phenoxy) is 3. The average molecular weight is 890 g/mol. The first-order chi connectivity index (χ1) is 30.8. The summed E-state index contributed by atoms with van der Waals surface area (Å²) >= 11 is 0. The van der Waals surface area contributed by atoms with Gasteiger partial charge >= 0.3 is 0 Å². The van der Waals surface area contributed by atoms with Gasteiger partial charge in [0.2, 0.25) is 17.7 Å². The number of phenolic OH excluding ortho intramolecular Hbond substituents is 1. The standard InChI is InChI=1S/C48H51N5O10S/c1-3-50(24-26-61-31-45(56)52-22-20-51(21-23-52)35-8-4-34-30-53(48(58)42(34)29-35)43-18-19-44(55)49-47(43)57)25-27-62-37-10-12-38(13-11-37)63-46-40(16-7-33-28-36(54)9-17-41(33)46)32-5-14-39(15-6-32)64(2,59)60/h4-17,28-29,43,54H,3,18-27,30-31H2,1-2H3,(H,49,55,57). The van der Waals surface area contributed by atoms with Crippen LogP contribution >= 0.6 is 0 Å². The molecule has 0 aliphatic carbocycles. The van der Waals surface area contributed by atoms with Gasteiger partial charge in [0.15, 0.2) is 9.84 Å². The van der Waals surface area contributed by atoms with E-state index in [2.05, 4.69) is 22.0 Å². The van der Waals surface area contributed by atoms with Crippen molar-refractivity contribution in [2.45, 2.75) is 37.2 Å². The number of nitrogens with one attached hydrogen (secondary N) is 1. The molecule has 3 heterocycles. The molecule has 4 amide bonds. The van der Waals surface area contributed by atoms with Gasteiger partial charge in [0.1, 0.15) is 42.3 Å². The van der Waals surface area contributed by atoms with Crippen LogP contribution in [0.5, 0.6) is 23.0 Å². The molecule has 0 radical (unpaired) electrons. The van der Waals surface area contributed by atoms with Gasteiger partial charge in [0.05, 0.1) is 11.5 Å². The molecular formula is C48H51N5O10S. The van der Waals surface area contributed by atoms with Crippen LogP contribution in [0, 0.1) is 0 Å². The summed E-state index contributed by atoms with van der Waals surface area (Å²) < 4.78 is 42.5. The normalized spacial score (nSPS) is 16.6. The van der Waals surface area contributed by atoms with Gasteiger partial charge in [0.25, 0.3) is 5.91 Å². The third-order valence-corrected chi connectivity index (χ3v) is 13.1. The number of piperidine rings is 1. The maximum absolute atomic E-state index is 13.3. The van der Waals surface area contributed by atoms with Crippen LogP contribution in [0.25, 0.3) is 21.9 Å². The van der Waals surface area contributed by atoms with E-state index in [1.165, 1.54) is 6.26 Å². The lowest BCUT2D eigenvalue weighted by Crippen LogP contribution is -2.52. The lowest BCUT2D eigenvalue weighted by Gasteiger charge is -2.36. The Morgan fingerprint density at radius 1 is 0.844 bits per heavy atom. The van der Waals surface area contributed by atoms with Crippen molar-refractivity contribution >= 4 is 49.9 Å². The van der Waals surface area contributed by atoms with Gasteiger partial charge in [-0.2, -0.15) is 0 Å². The number of aromatic hydroxyl groups is 1. The number of carbonyl (C=O) groups is 4. The molecule has 5 aromatic carbocycles. The molecular weight excluding hydrogens is 839 g/mol. The Balaban J connectivity index is 0.768. The Labute approximate surface area is 372 Å². The molecule has 0 saturated carbocycles. The van der Waals surface area contributed by atoms with Gasteiger partial charge < -0.3 is 34.0 Å². The van der Waals surface area contributed by atoms with Crippen LogP contribution in [0.1, 0.15) is 35.7 Å². The van der Waals surface area contributed by atoms with Crippen LogP contribution in [0.3, 0.4) is 0 Å². The molecule has 2 saturated heterocycles. The van der Waals surface area contributed by atoms with E-state index in [0.29, 0.717) is 88.3 Å². The second-order valence-corrected chi connectivity index (χ2v) is 18.2. The lowest BCUT2D eigenvalue weighted by molar-refractivity contribution is -0.137. The first-order valence-electron chi connectivity index (χ1n) is 21.4. The van der Waals surface area contributed by atoms with Crippen molar-refractivity contribution in [3.63, 3.8) is 0 Å². The van der Waals surface area contributed by atoms with E-state index in [4.69, 9.17) is 14.2 Å². The summed E-state index contributed by atoms with van der Waals surface area (Å²) in [6.45, 7) is 7.55. The van der Waals surface area contributed by atoms with E-state index < -0.39 is 21.8 Å². The predicted molar refractivity (Wildman–Crippen MR) is 240 cm³/mol. The minimum absolute atomic E-state index is 0.00972. The first kappa shape index (κ1) is 44.1. The fraction of sp³-hybridized carbons (Fsp3) is 0.333. The molecule has 3 aliphatic heterocycles. The Kier molecular flexibility index (Phi) is 13.2. The van der Waals surface area contributed by atoms with Crippen LogP contribution in [0.2, 0.25) is 0 Å². The number of sulfone groups is 1. The Morgan fingerprint density at radius 3 is 2.30 bits per heavy atom. The number of imide groups is 1. The van der Waals surface area contributed by atoms with Crippen molar-refractivity contribution in [2.24, 2.45) is 0 Å². The zero-order chi connectivity index (χ0) is 45.0. The molecule has 0 bridgehead atoms. The Hall–Kier alpha value is -6.49. The highest BCUT2D eigenvalue weighted by Crippen LogP contribution is 2.41. The van der Waals surface area contributed by atoms with Crippen molar-refractivity contribution in [3.05, 3.63) is 108 Å². The van der Waals surface area contributed by atoms with E-state index in [0.717, 1.165) is 39.7 Å². The molecule has 2 fully saturated rings. The Bertz CT molecular complexity index is 2670. The van der Waals surface area contributed by atoms with Gasteiger partial charge in [0, 0.05) is 80.7 Å². The van der Waals surface area contributed by atoms with Crippen LogP contribution in [-0.4, -0.2) is 130 Å². The number of carbonyl (C=O) groups excluding carboxylic acids is 4. The molecule has 1 unspecified atom stereocenters. The second-order valence-electron chi connectivity index (χ2n) is 16.2. The number of benzene rings is 5. The number of nitrogens with zero attached hydrogens (tertiary/aromatic N) is 4. The van der Waals surface area contributed by atoms with Gasteiger partial charge in [-0.05, 0) is 102 Å². The maximum atomic E-state index is 13.3. The topological polar surface area (TPSA) is 175 Å². The summed E-state index contributed by atoms with van der Waals surface area (Å²) in [6, 6.07) is 27.9. The van der Waals surface area contributed by atoms with Gasteiger partial charge in [-0.15, -0.1) is 0 Å². The average Bonchev–Trinajstić information content (AvgIpc) is 3.62. The van der Waals surface area contributed by atoms with Crippen LogP contribution in [0.4, 0.5) is 5.69 Å². The zero-order valence-corrected chi connectivity index (χ0v) is 36.6. The fourth-order valence-corrected chi connectivity index (χ4v) is 8.98. The number of amides is 4. The molecule has 0 spiro atoms. The van der Waals surface area contributed by atoms with Gasteiger partial charge in [-0.25, -0.2) is 8.42 Å². The summed E-state index contributed by atoms with van der Waals surface area (Å²) in [5, 5.41) is 14.0. The van der Waals surface area contributed by atoms with E-state index in [1.54, 1.807) is 52.3 Å². The monoisotopic (exact) mass is 889 g/mol. The highest BCUT2D eigenvalue weighted by Gasteiger charge is 2.39. The predicted octanol–water partition coefficient (Wildman–Crippen LogP) is 5.24. The highest BCUT2D eigenvalue weighted by atomic mass is 32.2. The van der Waals surface area contributed by atoms with Crippen LogP contribution in [0.15, 0.2) is 102 Å². The smallest absolute Gasteiger partial charge is 0.255 e. The van der Waals surface area contributed by atoms with E-state index in [-0.39, 0.29) is 41.4 Å². The van der Waals surface area contributed by atoms with Crippen molar-refractivity contribution in [1.82, 2.24) is 20.0 Å². The maximum Gasteiger partial charge on any atom is 0.255 e. The minimum Gasteiger partial charge on any atom is -0.508 e. The summed E-state index contributed by atoms with van der Waals surface area (Å²) in [7, 11) is -3.35. The van der Waals surface area contributed by atoms with Crippen molar-refractivity contribution in [1.29, 1.82) is 0 Å². The molecule has 2 N–H and O–H groups in total. The first-order valence-corrected chi connectivity index (χ1v) is 23.3. The third-order valence-electron chi connectivity index (χ3n) is 12.0. The number of hydrogen-bond acceptors (Lipinski definition) is 12. The molecule has 8 rings (SSSR count). The Morgan fingerprint density at radius 2 is 1.58 bits per heavy atom. The molecule has 16 heteroatoms. The fourth-order valence-electron chi connectivity index (χ4n) is 8.35. The minimum atomic E-state index is -3.35. The summed E-state index contributed by atoms with van der Waals surface area (Å²) in [6.07, 6.45) is 1.71. The summed E-state index contributed by atoms with van der Waals surface area (Å²) in [5.41, 5.74) is 3.86. The van der Waals surface area contributed by atoms with E-state index >= 15 is 0 Å². The zero-order valence-electron chi connectivity index (χ0n) is 35.8. The van der Waals surface area contributed by atoms with Crippen molar-refractivity contribution < 1.29 is 46.9 Å². The van der Waals surface area contributed by atoms with E-state index in [1.807, 2.05) is 54.6 Å². The SMILES string of the molecule is CCN(CCOCC(=O)N1CCN(c2ccc3c(c2)C(=O)N(C2CCC(=O)NC2=O)C3)CC1)CCOc1ccc(Oc2c(-c3ccc(S(C)(=O)=O)cc3)ccc3cc(O)ccc23)cc1. The molecule has 0 aromatic heterocycles. The van der Waals surface area contributed by atoms with Crippen LogP contribution < -0.4 is 19.7 Å². The largest absolute Gasteiger partial charge is 0.508 e. The molecule has 1 atom stereocenters. The summed E-state index contributed by atoms with van der Waals surface area (Å²) in [4.78, 5) is 58.3. The molecule has 15 nitrogen and oxygen atoms in total. The molecule has 5 aromatic rings. The van der Waals surface area contributed by atoms with Crippen molar-refractivity contribution in [3.8, 4) is 34.1 Å². The lowest BCUT2D eigenvalue weighted by atomic mass is 9.99. The number of hydrogen-bond donors (Lipinski definition) is 2. The molecule has 3 aliphatic rings. The number of phenols is 1. The molecule has 334 valence electrons. The van der Waals surface area contributed by atoms with Crippen LogP contribution in [-0.2, 0) is 35.5 Å². The third kappa shape index (κ3) is 9.99. The summed E-state index contributed by atoms with van der Waals surface area (Å²) in [5.74, 6) is 0.931. The van der Waals surface area contributed by atoms with E-state index in [9.17, 15) is 32.7 Å². The second kappa shape index (κ2) is 19.1. The number of likely N-dealkylation sites (N-methyl/N-ethyl adjacent to an activating group) is 1. The number of fused-ring (bicyclic) bond motifs is 2. The highest BCUT2D eigenvalue weighted by molar-refractivity contribution is 7.90. The number of anilines is 1. The van der Waals surface area contributed by atoms with Gasteiger partial charge in [-0.3, -0.25) is 29.4 Å². The molecule has 64 heavy (non-hydrogen) atoms. The number of piperazine rings is 1. The number of rotatable bonds is 16. The van der Waals surface area contributed by atoms with Crippen molar-refractivity contribution in [2.75, 3.05) is 76.8 Å². The van der Waals surface area contributed by atoms with Gasteiger partial charge in [-0.1, -0.05) is 31.2 Å². The quantitative estimate of drug-likeness (QED) is 0.0977.